The van der Waals surface area contributed by atoms with Crippen molar-refractivity contribution in [3.63, 3.8) is 0 Å². The minimum atomic E-state index is -4.70. The molecule has 0 N–H and O–H groups in total. The van der Waals surface area contributed by atoms with Crippen molar-refractivity contribution in [3.05, 3.63) is 44.4 Å². The van der Waals surface area contributed by atoms with Crippen LogP contribution in [-0.2, 0) is 13.2 Å². The second-order valence-electron chi connectivity index (χ2n) is 4.61. The molecule has 9 heteroatoms. The maximum atomic E-state index is 12.8. The molecule has 0 unspecified atom stereocenters. The number of alkyl halides is 3. The van der Waals surface area contributed by atoms with E-state index in [4.69, 9.17) is 34.4 Å². The monoisotopic (exact) mass is 376 g/mol. The highest BCUT2D eigenvalue weighted by molar-refractivity contribution is 6.37. The first-order valence-electron chi connectivity index (χ1n) is 6.35. The topological polar surface area (TPSA) is 44.1 Å². The van der Waals surface area contributed by atoms with Crippen molar-refractivity contribution in [2.75, 3.05) is 6.61 Å². The van der Waals surface area contributed by atoms with Crippen LogP contribution in [0.25, 0.3) is 11.3 Å². The minimum absolute atomic E-state index is 0.0393. The maximum Gasteiger partial charge on any atom is 0.433 e. The summed E-state index contributed by atoms with van der Waals surface area (Å²) >= 11 is 12.0. The molecule has 0 fully saturated rings. The molecular weight excluding hydrogens is 368 g/mol. The van der Waals surface area contributed by atoms with Gasteiger partial charge in [-0.15, -0.1) is 6.42 Å². The zero-order chi connectivity index (χ0) is 18.1. The fourth-order valence-electron chi connectivity index (χ4n) is 1.92. The van der Waals surface area contributed by atoms with Crippen LogP contribution in [-0.4, -0.2) is 16.2 Å². The number of benzene rings is 1. The van der Waals surface area contributed by atoms with Crippen molar-refractivity contribution in [1.82, 2.24) is 9.55 Å². The van der Waals surface area contributed by atoms with E-state index in [0.29, 0.717) is 10.8 Å². The van der Waals surface area contributed by atoms with Gasteiger partial charge < -0.3 is 9.30 Å². The summed E-state index contributed by atoms with van der Waals surface area (Å²) in [6, 6.07) is 2.60. The first kappa shape index (κ1) is 18.2. The SMILES string of the molecule is C#CCOc1cc(-c2ncc(C(F)(F)F)n(C)c2=O)c(Cl)cc1Cl. The van der Waals surface area contributed by atoms with Crippen LogP contribution in [0.4, 0.5) is 13.2 Å². The third kappa shape index (κ3) is 3.50. The summed E-state index contributed by atoms with van der Waals surface area (Å²) in [7, 11) is 0.996. The molecule has 0 radical (unpaired) electrons. The molecule has 0 spiro atoms. The first-order chi connectivity index (χ1) is 11.2. The predicted octanol–water partition coefficient (Wildman–Crippen LogP) is 3.78. The van der Waals surface area contributed by atoms with Crippen LogP contribution in [0.5, 0.6) is 5.75 Å². The molecule has 0 bridgehead atoms. The summed E-state index contributed by atoms with van der Waals surface area (Å²) in [5.41, 5.74) is -2.32. The van der Waals surface area contributed by atoms with Gasteiger partial charge in [-0.2, -0.15) is 13.2 Å². The third-order valence-electron chi connectivity index (χ3n) is 3.06. The van der Waals surface area contributed by atoms with Crippen molar-refractivity contribution >= 4 is 23.2 Å². The van der Waals surface area contributed by atoms with E-state index in [9.17, 15) is 18.0 Å². The van der Waals surface area contributed by atoms with E-state index in [1.165, 1.54) is 12.1 Å². The summed E-state index contributed by atoms with van der Waals surface area (Å²) in [5, 5.41) is 0.181. The molecule has 126 valence electrons. The second-order valence-corrected chi connectivity index (χ2v) is 5.42. The van der Waals surface area contributed by atoms with Gasteiger partial charge in [0, 0.05) is 12.6 Å². The van der Waals surface area contributed by atoms with Gasteiger partial charge in [0.1, 0.15) is 23.7 Å². The highest BCUT2D eigenvalue weighted by atomic mass is 35.5. The van der Waals surface area contributed by atoms with E-state index in [-0.39, 0.29) is 33.7 Å². The fraction of sp³-hybridized carbons (Fsp3) is 0.200. The van der Waals surface area contributed by atoms with E-state index >= 15 is 0 Å². The number of ether oxygens (including phenoxy) is 1. The van der Waals surface area contributed by atoms with Gasteiger partial charge >= 0.3 is 6.18 Å². The molecule has 2 aromatic rings. The zero-order valence-electron chi connectivity index (χ0n) is 12.1. The Kier molecular flexibility index (Phi) is 5.11. The van der Waals surface area contributed by atoms with Crippen LogP contribution in [0.1, 0.15) is 5.69 Å². The average Bonchev–Trinajstić information content (AvgIpc) is 2.48. The van der Waals surface area contributed by atoms with Crippen LogP contribution in [0.3, 0.4) is 0 Å². The quantitative estimate of drug-likeness (QED) is 0.765. The Morgan fingerprint density at radius 1 is 1.33 bits per heavy atom. The Hall–Kier alpha value is -2.17. The summed E-state index contributed by atoms with van der Waals surface area (Å²) in [6.07, 6.45) is 0.946. The number of terminal acetylenes is 1. The number of hydrogen-bond donors (Lipinski definition) is 0. The Labute approximate surface area is 144 Å². The molecule has 0 saturated carbocycles. The first-order valence-corrected chi connectivity index (χ1v) is 7.11. The van der Waals surface area contributed by atoms with Gasteiger partial charge in [-0.1, -0.05) is 29.1 Å². The largest absolute Gasteiger partial charge is 0.479 e. The van der Waals surface area contributed by atoms with Gasteiger partial charge in [0.25, 0.3) is 5.56 Å². The fourth-order valence-corrected chi connectivity index (χ4v) is 2.45. The lowest BCUT2D eigenvalue weighted by atomic mass is 10.1. The Balaban J connectivity index is 2.63. The number of hydrogen-bond acceptors (Lipinski definition) is 3. The number of nitrogens with zero attached hydrogens (tertiary/aromatic N) is 2. The number of rotatable bonds is 3. The molecule has 0 aliphatic rings. The molecule has 4 nitrogen and oxygen atoms in total. The van der Waals surface area contributed by atoms with Gasteiger partial charge in [0.05, 0.1) is 16.2 Å². The Morgan fingerprint density at radius 2 is 2.00 bits per heavy atom. The van der Waals surface area contributed by atoms with E-state index in [1.54, 1.807) is 0 Å². The molecule has 0 aliphatic heterocycles. The number of aromatic nitrogens is 2. The predicted molar refractivity (Wildman–Crippen MR) is 84.3 cm³/mol. The molecular formula is C15H9Cl2F3N2O2. The summed E-state index contributed by atoms with van der Waals surface area (Å²) < 4.78 is 44.1. The standard InChI is InChI=1S/C15H9Cl2F3N2O2/c1-3-4-24-11-5-8(9(16)6-10(11)17)13-14(23)22(2)12(7-21-13)15(18,19)20/h1,5-7H,4H2,2H3. The van der Waals surface area contributed by atoms with Crippen LogP contribution in [0, 0.1) is 12.3 Å². The highest BCUT2D eigenvalue weighted by Gasteiger charge is 2.34. The summed E-state index contributed by atoms with van der Waals surface area (Å²) in [4.78, 5) is 15.8. The smallest absolute Gasteiger partial charge is 0.433 e. The lowest BCUT2D eigenvalue weighted by Gasteiger charge is -2.14. The van der Waals surface area contributed by atoms with E-state index in [0.717, 1.165) is 7.05 Å². The Bertz CT molecular complexity index is 886. The lowest BCUT2D eigenvalue weighted by molar-refractivity contribution is -0.144. The molecule has 1 aromatic heterocycles. The van der Waals surface area contributed by atoms with Gasteiger partial charge in [-0.05, 0) is 12.1 Å². The molecule has 0 saturated heterocycles. The molecule has 1 heterocycles. The summed E-state index contributed by atoms with van der Waals surface area (Å²) in [5.74, 6) is 2.38. The van der Waals surface area contributed by atoms with E-state index in [2.05, 4.69) is 10.9 Å². The van der Waals surface area contributed by atoms with Gasteiger partial charge in [-0.3, -0.25) is 4.79 Å². The van der Waals surface area contributed by atoms with Crippen LogP contribution >= 0.6 is 23.2 Å². The van der Waals surface area contributed by atoms with Crippen LogP contribution in [0.15, 0.2) is 23.1 Å². The highest BCUT2D eigenvalue weighted by Crippen LogP contribution is 2.35. The van der Waals surface area contributed by atoms with E-state index in [1.807, 2.05) is 0 Å². The van der Waals surface area contributed by atoms with Gasteiger partial charge in [-0.25, -0.2) is 4.98 Å². The summed E-state index contributed by atoms with van der Waals surface area (Å²) in [6.45, 7) is -0.0841. The molecule has 0 amide bonds. The molecule has 1 aromatic carbocycles. The number of halogens is 5. The van der Waals surface area contributed by atoms with Gasteiger partial charge in [0.2, 0.25) is 0 Å². The van der Waals surface area contributed by atoms with Crippen molar-refractivity contribution in [1.29, 1.82) is 0 Å². The maximum absolute atomic E-state index is 12.8. The minimum Gasteiger partial charge on any atom is -0.479 e. The third-order valence-corrected chi connectivity index (χ3v) is 3.67. The van der Waals surface area contributed by atoms with Crippen molar-refractivity contribution in [2.24, 2.45) is 7.05 Å². The van der Waals surface area contributed by atoms with Gasteiger partial charge in [0.15, 0.2) is 0 Å². The lowest BCUT2D eigenvalue weighted by Crippen LogP contribution is -2.27. The van der Waals surface area contributed by atoms with Crippen molar-refractivity contribution < 1.29 is 17.9 Å². The van der Waals surface area contributed by atoms with Crippen LogP contribution in [0.2, 0.25) is 10.0 Å². The van der Waals surface area contributed by atoms with Crippen molar-refractivity contribution in [2.45, 2.75) is 6.18 Å². The van der Waals surface area contributed by atoms with Crippen LogP contribution < -0.4 is 10.3 Å². The molecule has 0 atom stereocenters. The molecule has 24 heavy (non-hydrogen) atoms. The second kappa shape index (κ2) is 6.75. The molecule has 2 rings (SSSR count). The normalized spacial score (nSPS) is 11.2. The molecule has 0 aliphatic carbocycles. The Morgan fingerprint density at radius 3 is 2.58 bits per heavy atom. The van der Waals surface area contributed by atoms with E-state index < -0.39 is 17.4 Å². The van der Waals surface area contributed by atoms with Crippen molar-refractivity contribution in [3.8, 4) is 29.4 Å². The average molecular weight is 377 g/mol. The zero-order valence-corrected chi connectivity index (χ0v) is 13.6.